The van der Waals surface area contributed by atoms with Gasteiger partial charge in [-0.05, 0) is 94.0 Å². The fourth-order valence-electron chi connectivity index (χ4n) is 8.79. The predicted octanol–water partition coefficient (Wildman–Crippen LogP) is 6.41. The topological polar surface area (TPSA) is 93.6 Å². The number of aliphatic hydroxyl groups is 1. The predicted molar refractivity (Wildman–Crippen MR) is 209 cm³/mol. The van der Waals surface area contributed by atoms with Gasteiger partial charge in [0.15, 0.2) is 0 Å². The maximum absolute atomic E-state index is 15.3. The van der Waals surface area contributed by atoms with Crippen molar-refractivity contribution in [2.24, 2.45) is 23.7 Å². The molecule has 3 fully saturated rings. The van der Waals surface area contributed by atoms with E-state index in [0.717, 1.165) is 24.5 Å². The molecule has 5 rings (SSSR count). The largest absolute Gasteiger partial charge is 0.494 e. The van der Waals surface area contributed by atoms with Crippen LogP contribution in [0.25, 0.3) is 0 Å². The first-order valence-corrected chi connectivity index (χ1v) is 19.4. The van der Waals surface area contributed by atoms with Crippen LogP contribution in [-0.2, 0) is 14.4 Å². The van der Waals surface area contributed by atoms with Gasteiger partial charge in [0.05, 0.1) is 35.8 Å². The van der Waals surface area contributed by atoms with E-state index in [1.807, 2.05) is 55.5 Å². The number of fused-ring (bicyclic) bond motifs is 1. The molecule has 2 aromatic rings. The Morgan fingerprint density at radius 3 is 2.02 bits per heavy atom. The lowest BCUT2D eigenvalue weighted by atomic mass is 9.65. The van der Waals surface area contributed by atoms with Gasteiger partial charge in [-0.2, -0.15) is 0 Å². The number of hydrogen-bond acceptors (Lipinski definition) is 7. The van der Waals surface area contributed by atoms with Crippen LogP contribution >= 0.6 is 11.8 Å². The minimum atomic E-state index is -0.866. The van der Waals surface area contributed by atoms with Gasteiger partial charge in [0.25, 0.3) is 5.91 Å². The second-order valence-electron chi connectivity index (χ2n) is 14.4. The molecule has 276 valence electrons. The summed E-state index contributed by atoms with van der Waals surface area (Å²) in [5.41, 5.74) is 2.49. The fourth-order valence-corrected chi connectivity index (χ4v) is 11.2. The third-order valence-corrected chi connectivity index (χ3v) is 13.0. The second-order valence-corrected chi connectivity index (χ2v) is 15.9. The quantitative estimate of drug-likeness (QED) is 0.189. The van der Waals surface area contributed by atoms with E-state index in [-0.39, 0.29) is 54.5 Å². The molecule has 3 aliphatic rings. The first-order chi connectivity index (χ1) is 24.5. The highest BCUT2D eigenvalue weighted by molar-refractivity contribution is 8.02. The molecule has 1 N–H and O–H groups in total. The summed E-state index contributed by atoms with van der Waals surface area (Å²) in [6, 6.07) is 14.0. The van der Waals surface area contributed by atoms with Crippen LogP contribution in [0.3, 0.4) is 0 Å². The molecule has 0 aromatic heterocycles. The van der Waals surface area contributed by atoms with Gasteiger partial charge in [-0.1, -0.05) is 32.9 Å². The van der Waals surface area contributed by atoms with Gasteiger partial charge < -0.3 is 29.4 Å². The molecule has 3 unspecified atom stereocenters. The molecule has 0 radical (unpaired) electrons. The summed E-state index contributed by atoms with van der Waals surface area (Å²) < 4.78 is 4.80. The number of thioether (sulfide) groups is 1. The van der Waals surface area contributed by atoms with E-state index in [0.29, 0.717) is 30.9 Å². The second kappa shape index (κ2) is 16.3. The number of likely N-dealkylation sites (tertiary alicyclic amines) is 1. The van der Waals surface area contributed by atoms with Crippen molar-refractivity contribution in [3.63, 3.8) is 0 Å². The summed E-state index contributed by atoms with van der Waals surface area (Å²) >= 11 is 1.65. The Labute approximate surface area is 308 Å². The Morgan fingerprint density at radius 1 is 0.961 bits per heavy atom. The monoisotopic (exact) mass is 716 g/mol. The molecule has 3 saturated heterocycles. The molecular formula is C41H56N4O5S. The van der Waals surface area contributed by atoms with Crippen LogP contribution in [0.1, 0.15) is 54.4 Å². The maximum Gasteiger partial charge on any atom is 0.251 e. The SMILES string of the molecule is C=CCN(C(=O)C1N([C@@H](CO)CC(C)C)C(=O)[C@@H]2[C@H](C(=O)N(CC=C)c3ccc(OCC)cc3)[C@@H]3CC(C)C12S3)c1ccc(N(CC)CC)cc1. The van der Waals surface area contributed by atoms with Crippen molar-refractivity contribution in [2.75, 3.05) is 54.1 Å². The van der Waals surface area contributed by atoms with Gasteiger partial charge in [0.1, 0.15) is 11.8 Å². The van der Waals surface area contributed by atoms with Crippen LogP contribution in [0, 0.1) is 23.7 Å². The number of hydrogen-bond donors (Lipinski definition) is 1. The standard InChI is InChI=1S/C41H56N4O5S/c1-9-22-43(31-18-20-33(21-19-31)50-13-5)38(47)35-34-25-28(8)41(51-34)36(35)39(48)45(32(26-46)24-27(6)7)37(41)40(49)44(23-10-2)30-16-14-29(15-17-30)42(11-3)12-4/h9-10,14-21,27-28,32,34-37,46H,1-2,11-13,22-26H2,3-8H3/t28?,32-,34+,35-,36+,37?,41?/m1/s1. The normalized spacial score (nSPS) is 25.5. The van der Waals surface area contributed by atoms with E-state index >= 15 is 9.59 Å². The Hall–Kier alpha value is -3.76. The van der Waals surface area contributed by atoms with E-state index in [9.17, 15) is 9.90 Å². The zero-order valence-corrected chi connectivity index (χ0v) is 32.0. The summed E-state index contributed by atoms with van der Waals surface area (Å²) in [6.45, 7) is 22.8. The Bertz CT molecular complexity index is 1560. The number of aliphatic hydroxyl groups excluding tert-OH is 1. The minimum Gasteiger partial charge on any atom is -0.494 e. The average Bonchev–Trinajstić information content (AvgIpc) is 3.72. The lowest BCUT2D eigenvalue weighted by Crippen LogP contribution is -2.59. The molecule has 0 saturated carbocycles. The molecule has 3 aliphatic heterocycles. The Balaban J connectivity index is 1.59. The Kier molecular flexibility index (Phi) is 12.3. The maximum atomic E-state index is 15.3. The van der Waals surface area contributed by atoms with Crippen LogP contribution in [0.5, 0.6) is 5.75 Å². The fraction of sp³-hybridized carbons (Fsp3) is 0.537. The molecule has 1 spiro atoms. The summed E-state index contributed by atoms with van der Waals surface area (Å²) in [6.07, 6.45) is 4.65. The third-order valence-electron chi connectivity index (χ3n) is 11.0. The molecular weight excluding hydrogens is 661 g/mol. The van der Waals surface area contributed by atoms with Crippen molar-refractivity contribution in [3.05, 3.63) is 73.8 Å². The molecule has 51 heavy (non-hydrogen) atoms. The van der Waals surface area contributed by atoms with E-state index in [4.69, 9.17) is 4.74 Å². The van der Waals surface area contributed by atoms with Crippen molar-refractivity contribution in [3.8, 4) is 5.75 Å². The summed E-state index contributed by atoms with van der Waals surface area (Å²) in [4.78, 5) is 52.5. The van der Waals surface area contributed by atoms with Crippen LogP contribution in [-0.4, -0.2) is 89.2 Å². The van der Waals surface area contributed by atoms with Crippen LogP contribution in [0.4, 0.5) is 17.1 Å². The lowest BCUT2D eigenvalue weighted by molar-refractivity contribution is -0.142. The van der Waals surface area contributed by atoms with Crippen molar-refractivity contribution in [2.45, 2.75) is 76.5 Å². The number of carbonyl (C=O) groups is 3. The lowest BCUT2D eigenvalue weighted by Gasteiger charge is -2.42. The average molecular weight is 717 g/mol. The molecule has 2 aromatic carbocycles. The van der Waals surface area contributed by atoms with Gasteiger partial charge in [0, 0.05) is 48.5 Å². The molecule has 2 bridgehead atoms. The number of ether oxygens (including phenoxy) is 1. The van der Waals surface area contributed by atoms with Crippen LogP contribution in [0.15, 0.2) is 73.8 Å². The van der Waals surface area contributed by atoms with Gasteiger partial charge in [-0.15, -0.1) is 24.9 Å². The first-order valence-electron chi connectivity index (χ1n) is 18.6. The van der Waals surface area contributed by atoms with E-state index in [1.54, 1.807) is 38.6 Å². The number of rotatable bonds is 17. The smallest absolute Gasteiger partial charge is 0.251 e. The van der Waals surface area contributed by atoms with Crippen LogP contribution < -0.4 is 19.4 Å². The van der Waals surface area contributed by atoms with Crippen LogP contribution in [0.2, 0.25) is 0 Å². The minimum absolute atomic E-state index is 0.0169. The Morgan fingerprint density at radius 2 is 1.51 bits per heavy atom. The number of anilines is 3. The zero-order chi connectivity index (χ0) is 37.0. The molecule has 10 heteroatoms. The highest BCUT2D eigenvalue weighted by Gasteiger charge is 2.77. The van der Waals surface area contributed by atoms with Crippen molar-refractivity contribution in [1.82, 2.24) is 4.90 Å². The number of nitrogens with zero attached hydrogens (tertiary/aromatic N) is 4. The van der Waals surface area contributed by atoms with E-state index in [1.165, 1.54) is 0 Å². The summed E-state index contributed by atoms with van der Waals surface area (Å²) in [5, 5.41) is 10.7. The summed E-state index contributed by atoms with van der Waals surface area (Å²) in [7, 11) is 0. The third kappa shape index (κ3) is 6.93. The van der Waals surface area contributed by atoms with Gasteiger partial charge in [-0.25, -0.2) is 0 Å². The highest BCUT2D eigenvalue weighted by Crippen LogP contribution is 2.69. The van der Waals surface area contributed by atoms with E-state index in [2.05, 4.69) is 52.7 Å². The molecule has 3 amide bonds. The number of carbonyl (C=O) groups excluding carboxylic acids is 3. The first kappa shape index (κ1) is 38.5. The van der Waals surface area contributed by atoms with Gasteiger partial charge >= 0.3 is 0 Å². The van der Waals surface area contributed by atoms with E-state index < -0.39 is 28.7 Å². The highest BCUT2D eigenvalue weighted by atomic mass is 32.2. The van der Waals surface area contributed by atoms with Gasteiger partial charge in [-0.3, -0.25) is 14.4 Å². The number of amides is 3. The van der Waals surface area contributed by atoms with Crippen molar-refractivity contribution in [1.29, 1.82) is 0 Å². The molecule has 0 aliphatic carbocycles. The summed E-state index contributed by atoms with van der Waals surface area (Å²) in [5.74, 6) is -1.05. The van der Waals surface area contributed by atoms with Crippen molar-refractivity contribution < 1.29 is 24.2 Å². The number of benzene rings is 2. The van der Waals surface area contributed by atoms with Crippen molar-refractivity contribution >= 4 is 46.5 Å². The molecule has 7 atom stereocenters. The molecule has 9 nitrogen and oxygen atoms in total. The molecule has 3 heterocycles. The van der Waals surface area contributed by atoms with Gasteiger partial charge in [0.2, 0.25) is 11.8 Å². The zero-order valence-electron chi connectivity index (χ0n) is 31.2.